The predicted molar refractivity (Wildman–Crippen MR) is 124 cm³/mol. The van der Waals surface area contributed by atoms with Crippen molar-refractivity contribution < 1.29 is 9.47 Å². The summed E-state index contributed by atoms with van der Waals surface area (Å²) in [4.78, 5) is 15.9. The van der Waals surface area contributed by atoms with Crippen molar-refractivity contribution in [3.8, 4) is 11.8 Å². The molecule has 1 fully saturated rings. The van der Waals surface area contributed by atoms with Crippen LogP contribution in [0.25, 0.3) is 6.08 Å². The van der Waals surface area contributed by atoms with Crippen LogP contribution in [0.1, 0.15) is 25.0 Å². The van der Waals surface area contributed by atoms with E-state index in [1.54, 1.807) is 0 Å². The molecule has 1 aliphatic carbocycles. The van der Waals surface area contributed by atoms with Gasteiger partial charge in [-0.2, -0.15) is 9.97 Å². The molecule has 1 aromatic carbocycles. The average molecular weight is 438 g/mol. The number of aliphatic imine (C=N–C) groups is 1. The van der Waals surface area contributed by atoms with Gasteiger partial charge in [0.25, 0.3) is 0 Å². The Bertz CT molecular complexity index is 1120. The number of rotatable bonds is 4. The molecule has 0 atom stereocenters. The fraction of sp³-hybridized carbons (Fsp3) is 0.348. The molecule has 160 valence electrons. The first-order valence-electron chi connectivity index (χ1n) is 10.4. The second-order valence-electron chi connectivity index (χ2n) is 8.03. The molecule has 0 radical (unpaired) electrons. The van der Waals surface area contributed by atoms with Crippen LogP contribution < -0.4 is 15.0 Å². The third kappa shape index (κ3) is 4.29. The van der Waals surface area contributed by atoms with Crippen molar-refractivity contribution in [3.63, 3.8) is 0 Å². The van der Waals surface area contributed by atoms with Gasteiger partial charge in [0.1, 0.15) is 23.2 Å². The van der Waals surface area contributed by atoms with Gasteiger partial charge in [-0.3, -0.25) is 4.99 Å². The van der Waals surface area contributed by atoms with E-state index in [-0.39, 0.29) is 6.01 Å². The quantitative estimate of drug-likeness (QED) is 0.759. The van der Waals surface area contributed by atoms with E-state index in [2.05, 4.69) is 51.2 Å². The van der Waals surface area contributed by atoms with E-state index in [1.807, 2.05) is 18.2 Å². The number of allylic oxidation sites excluding steroid dienone is 1. The van der Waals surface area contributed by atoms with Crippen molar-refractivity contribution in [1.29, 1.82) is 0 Å². The first-order chi connectivity index (χ1) is 15.0. The van der Waals surface area contributed by atoms with Crippen molar-refractivity contribution in [2.24, 2.45) is 4.99 Å². The van der Waals surface area contributed by atoms with E-state index in [0.29, 0.717) is 36.3 Å². The van der Waals surface area contributed by atoms with Crippen LogP contribution in [0.5, 0.6) is 11.8 Å². The number of nitrogens with zero attached hydrogens (tertiary/aromatic N) is 4. The van der Waals surface area contributed by atoms with Crippen molar-refractivity contribution >= 4 is 35.1 Å². The first-order valence-corrected chi connectivity index (χ1v) is 10.8. The largest absolute Gasteiger partial charge is 0.423 e. The normalized spacial score (nSPS) is 17.8. The summed E-state index contributed by atoms with van der Waals surface area (Å²) in [7, 11) is 0. The molecule has 0 spiro atoms. The number of aromatic nitrogens is 2. The highest BCUT2D eigenvalue weighted by atomic mass is 35.5. The number of morpholine rings is 1. The first kappa shape index (κ1) is 20.0. The summed E-state index contributed by atoms with van der Waals surface area (Å²) in [5, 5.41) is 3.87. The molecule has 1 N–H and O–H groups in total. The summed E-state index contributed by atoms with van der Waals surface area (Å²) in [5.74, 6) is 2.74. The summed E-state index contributed by atoms with van der Waals surface area (Å²) >= 11 is 6.66. The summed E-state index contributed by atoms with van der Waals surface area (Å²) in [6.07, 6.45) is 5.04. The lowest BCUT2D eigenvalue weighted by molar-refractivity contribution is 0.122. The highest BCUT2D eigenvalue weighted by Crippen LogP contribution is 2.38. The van der Waals surface area contributed by atoms with Gasteiger partial charge in [-0.05, 0) is 43.5 Å². The van der Waals surface area contributed by atoms with Gasteiger partial charge in [0.2, 0.25) is 0 Å². The Hall–Kier alpha value is -2.90. The average Bonchev–Trinajstić information content (AvgIpc) is 3.35. The number of nitrogens with one attached hydrogen (secondary N) is 1. The second-order valence-corrected chi connectivity index (χ2v) is 8.41. The van der Waals surface area contributed by atoms with E-state index < -0.39 is 0 Å². The van der Waals surface area contributed by atoms with Gasteiger partial charge >= 0.3 is 6.01 Å². The molecule has 2 aliphatic heterocycles. The molecule has 3 aliphatic rings. The van der Waals surface area contributed by atoms with Crippen LogP contribution in [0, 0.1) is 0 Å². The Morgan fingerprint density at radius 2 is 1.94 bits per heavy atom. The Kier molecular flexibility index (Phi) is 5.38. The summed E-state index contributed by atoms with van der Waals surface area (Å²) in [6, 6.07) is 6.10. The van der Waals surface area contributed by atoms with E-state index in [4.69, 9.17) is 21.1 Å². The fourth-order valence-electron chi connectivity index (χ4n) is 3.92. The van der Waals surface area contributed by atoms with E-state index in [9.17, 15) is 0 Å². The molecule has 2 aromatic rings. The molecule has 1 saturated heterocycles. The van der Waals surface area contributed by atoms with Gasteiger partial charge in [0.15, 0.2) is 0 Å². The van der Waals surface area contributed by atoms with Crippen molar-refractivity contribution in [3.05, 3.63) is 51.6 Å². The van der Waals surface area contributed by atoms with Crippen LogP contribution in [-0.4, -0.2) is 48.7 Å². The molecular formula is C23H24ClN5O2. The Labute approximate surface area is 186 Å². The van der Waals surface area contributed by atoms with Gasteiger partial charge in [0, 0.05) is 24.7 Å². The number of benzene rings is 1. The lowest BCUT2D eigenvalue weighted by atomic mass is 10.1. The maximum Gasteiger partial charge on any atom is 0.325 e. The summed E-state index contributed by atoms with van der Waals surface area (Å²) < 4.78 is 11.6. The van der Waals surface area contributed by atoms with E-state index >= 15 is 0 Å². The smallest absolute Gasteiger partial charge is 0.325 e. The minimum atomic E-state index is 0.242. The zero-order chi connectivity index (χ0) is 21.4. The van der Waals surface area contributed by atoms with Crippen molar-refractivity contribution in [1.82, 2.24) is 9.97 Å². The number of halogens is 1. The zero-order valence-corrected chi connectivity index (χ0v) is 18.4. The van der Waals surface area contributed by atoms with Crippen molar-refractivity contribution in [2.45, 2.75) is 20.3 Å². The standard InChI is InChI=1S/C23H24ClN5O2/c1-14-9-16-3-4-18(22(24)17(16)10-14)31-23-27-20(26-19-11-15(2)13-25-19)12-21(28-23)29-5-7-30-8-6-29/h3-4,10-12H,5-9,13H2,1-2H3,(H,25,26,27,28). The van der Waals surface area contributed by atoms with Crippen LogP contribution in [0.2, 0.25) is 5.02 Å². The minimum Gasteiger partial charge on any atom is -0.423 e. The monoisotopic (exact) mass is 437 g/mol. The topological polar surface area (TPSA) is 71.9 Å². The van der Waals surface area contributed by atoms with Gasteiger partial charge in [0.05, 0.1) is 24.8 Å². The highest BCUT2D eigenvalue weighted by molar-refractivity contribution is 6.33. The van der Waals surface area contributed by atoms with E-state index in [0.717, 1.165) is 36.7 Å². The number of ether oxygens (including phenoxy) is 2. The van der Waals surface area contributed by atoms with Crippen LogP contribution in [0.3, 0.4) is 0 Å². The fourth-order valence-corrected chi connectivity index (χ4v) is 4.19. The van der Waals surface area contributed by atoms with Gasteiger partial charge in [-0.1, -0.05) is 29.3 Å². The summed E-state index contributed by atoms with van der Waals surface area (Å²) in [5.41, 5.74) is 4.71. The van der Waals surface area contributed by atoms with Crippen LogP contribution in [-0.2, 0) is 11.2 Å². The molecule has 8 heteroatoms. The minimum absolute atomic E-state index is 0.242. The zero-order valence-electron chi connectivity index (χ0n) is 17.6. The highest BCUT2D eigenvalue weighted by Gasteiger charge is 2.20. The maximum absolute atomic E-state index is 6.66. The molecule has 0 bridgehead atoms. The molecule has 0 amide bonds. The van der Waals surface area contributed by atoms with E-state index in [1.165, 1.54) is 16.7 Å². The number of anilines is 2. The van der Waals surface area contributed by atoms with Crippen molar-refractivity contribution in [2.75, 3.05) is 43.1 Å². The van der Waals surface area contributed by atoms with Crippen LogP contribution >= 0.6 is 11.6 Å². The van der Waals surface area contributed by atoms with Gasteiger partial charge in [-0.25, -0.2) is 0 Å². The lowest BCUT2D eigenvalue weighted by Crippen LogP contribution is -2.36. The van der Waals surface area contributed by atoms with Gasteiger partial charge < -0.3 is 19.7 Å². The number of fused-ring (bicyclic) bond motifs is 1. The third-order valence-corrected chi connectivity index (χ3v) is 5.85. The molecule has 5 rings (SSSR count). The Morgan fingerprint density at radius 3 is 2.71 bits per heavy atom. The van der Waals surface area contributed by atoms with Gasteiger partial charge in [-0.15, -0.1) is 0 Å². The SMILES string of the molecule is CC1=CC(Nc2cc(N3CCOCC3)nc(Oc3ccc4c(c3Cl)C=C(C)C4)n2)=NC1. The molecular weight excluding hydrogens is 414 g/mol. The number of hydrogen-bond acceptors (Lipinski definition) is 7. The molecule has 3 heterocycles. The molecule has 0 saturated carbocycles. The molecule has 7 nitrogen and oxygen atoms in total. The lowest BCUT2D eigenvalue weighted by Gasteiger charge is -2.28. The van der Waals surface area contributed by atoms with Crippen LogP contribution in [0.4, 0.5) is 11.6 Å². The maximum atomic E-state index is 6.66. The predicted octanol–water partition coefficient (Wildman–Crippen LogP) is 4.49. The number of hydrogen-bond donors (Lipinski definition) is 1. The Balaban J connectivity index is 1.47. The second kappa shape index (κ2) is 8.32. The van der Waals surface area contributed by atoms with Crippen LogP contribution in [0.15, 0.2) is 40.4 Å². The number of amidine groups is 1. The molecule has 31 heavy (non-hydrogen) atoms. The summed E-state index contributed by atoms with van der Waals surface area (Å²) in [6.45, 7) is 7.72. The molecule has 0 unspecified atom stereocenters. The third-order valence-electron chi connectivity index (χ3n) is 5.46. The Morgan fingerprint density at radius 1 is 1.10 bits per heavy atom. The molecule has 1 aromatic heterocycles.